The minimum Gasteiger partial charge on any atom is -0.484 e. The van der Waals surface area contributed by atoms with Gasteiger partial charge in [0.1, 0.15) is 5.75 Å². The molecule has 0 aliphatic carbocycles. The van der Waals surface area contributed by atoms with Crippen LogP contribution in [-0.2, 0) is 14.3 Å². The molecule has 0 saturated carbocycles. The molecular weight excluding hydrogens is 274 g/mol. The molecule has 0 aliphatic rings. The first-order valence-corrected chi connectivity index (χ1v) is 5.80. The van der Waals surface area contributed by atoms with Crippen LogP contribution in [0.15, 0.2) is 24.3 Å². The molecular formula is C12H14ClNO5. The molecule has 1 atom stereocenters. The van der Waals surface area contributed by atoms with Crippen molar-refractivity contribution in [1.82, 2.24) is 5.32 Å². The van der Waals surface area contributed by atoms with E-state index in [2.05, 4.69) is 5.32 Å². The van der Waals surface area contributed by atoms with Crippen LogP contribution in [0.2, 0.25) is 5.02 Å². The summed E-state index contributed by atoms with van der Waals surface area (Å²) in [5, 5.41) is 11.6. The maximum atomic E-state index is 11.5. The highest BCUT2D eigenvalue weighted by Gasteiger charge is 2.19. The molecule has 0 spiro atoms. The zero-order valence-corrected chi connectivity index (χ0v) is 11.0. The van der Waals surface area contributed by atoms with Gasteiger partial charge in [-0.05, 0) is 18.2 Å². The van der Waals surface area contributed by atoms with Crippen molar-refractivity contribution in [3.05, 3.63) is 29.3 Å². The lowest BCUT2D eigenvalue weighted by molar-refractivity contribution is -0.143. The Morgan fingerprint density at radius 2 is 2.21 bits per heavy atom. The second kappa shape index (κ2) is 7.60. The fourth-order valence-electron chi connectivity index (χ4n) is 1.28. The molecule has 19 heavy (non-hydrogen) atoms. The van der Waals surface area contributed by atoms with Gasteiger partial charge in [-0.1, -0.05) is 17.7 Å². The van der Waals surface area contributed by atoms with Crippen LogP contribution in [0.4, 0.5) is 0 Å². The Balaban J connectivity index is 2.44. The van der Waals surface area contributed by atoms with E-state index in [0.717, 1.165) is 0 Å². The van der Waals surface area contributed by atoms with Crippen LogP contribution in [0.3, 0.4) is 0 Å². The second-order valence-electron chi connectivity index (χ2n) is 3.66. The third kappa shape index (κ3) is 5.58. The quantitative estimate of drug-likeness (QED) is 0.779. The Morgan fingerprint density at radius 3 is 2.79 bits per heavy atom. The molecule has 0 aromatic heterocycles. The number of carboxylic acid groups (broad SMARTS) is 1. The Bertz CT molecular complexity index is 452. The molecule has 1 aromatic rings. The van der Waals surface area contributed by atoms with E-state index in [0.29, 0.717) is 10.8 Å². The maximum Gasteiger partial charge on any atom is 0.328 e. The van der Waals surface area contributed by atoms with E-state index in [4.69, 9.17) is 26.2 Å². The molecule has 0 bridgehead atoms. The first kappa shape index (κ1) is 15.3. The Labute approximate surface area is 115 Å². The van der Waals surface area contributed by atoms with Crippen molar-refractivity contribution in [2.75, 3.05) is 20.3 Å². The van der Waals surface area contributed by atoms with E-state index < -0.39 is 17.9 Å². The van der Waals surface area contributed by atoms with Crippen LogP contribution >= 0.6 is 11.6 Å². The van der Waals surface area contributed by atoms with E-state index >= 15 is 0 Å². The normalized spacial score (nSPS) is 11.7. The van der Waals surface area contributed by atoms with Crippen LogP contribution in [0, 0.1) is 0 Å². The van der Waals surface area contributed by atoms with Crippen LogP contribution in [0.5, 0.6) is 5.75 Å². The van der Waals surface area contributed by atoms with Crippen molar-refractivity contribution in [1.29, 1.82) is 0 Å². The minimum atomic E-state index is -1.17. The summed E-state index contributed by atoms with van der Waals surface area (Å²) >= 11 is 5.75. The van der Waals surface area contributed by atoms with Crippen LogP contribution in [-0.4, -0.2) is 43.3 Å². The fourth-order valence-corrected chi connectivity index (χ4v) is 1.46. The number of aliphatic carboxylic acids is 1. The van der Waals surface area contributed by atoms with Gasteiger partial charge in [-0.2, -0.15) is 0 Å². The summed E-state index contributed by atoms with van der Waals surface area (Å²) in [5.41, 5.74) is 0. The number of carbonyl (C=O) groups is 2. The van der Waals surface area contributed by atoms with E-state index in [1.54, 1.807) is 24.3 Å². The highest BCUT2D eigenvalue weighted by Crippen LogP contribution is 2.16. The summed E-state index contributed by atoms with van der Waals surface area (Å²) in [6.07, 6.45) is 0. The molecule has 0 heterocycles. The fraction of sp³-hybridized carbons (Fsp3) is 0.333. The zero-order chi connectivity index (χ0) is 14.3. The summed E-state index contributed by atoms with van der Waals surface area (Å²) in [7, 11) is 1.35. The van der Waals surface area contributed by atoms with E-state index in [9.17, 15) is 9.59 Å². The molecule has 2 N–H and O–H groups in total. The van der Waals surface area contributed by atoms with E-state index in [1.807, 2.05) is 0 Å². The Hall–Kier alpha value is -1.79. The van der Waals surface area contributed by atoms with Gasteiger partial charge >= 0.3 is 5.97 Å². The topological polar surface area (TPSA) is 84.9 Å². The SMILES string of the molecule is COCC(NC(=O)COc1cccc(Cl)c1)C(=O)O. The summed E-state index contributed by atoms with van der Waals surface area (Å²) < 4.78 is 9.87. The lowest BCUT2D eigenvalue weighted by Crippen LogP contribution is -2.45. The molecule has 6 nitrogen and oxygen atoms in total. The van der Waals surface area contributed by atoms with Gasteiger partial charge in [0, 0.05) is 12.1 Å². The number of halogens is 1. The Kier molecular flexibility index (Phi) is 6.11. The van der Waals surface area contributed by atoms with Crippen LogP contribution in [0.1, 0.15) is 0 Å². The number of ether oxygens (including phenoxy) is 2. The van der Waals surface area contributed by atoms with Crippen molar-refractivity contribution in [3.63, 3.8) is 0 Å². The van der Waals surface area contributed by atoms with Crippen molar-refractivity contribution >= 4 is 23.5 Å². The average molecular weight is 288 g/mol. The maximum absolute atomic E-state index is 11.5. The van der Waals surface area contributed by atoms with Gasteiger partial charge in [-0.3, -0.25) is 4.79 Å². The highest BCUT2D eigenvalue weighted by atomic mass is 35.5. The van der Waals surface area contributed by atoms with Crippen molar-refractivity contribution in [2.24, 2.45) is 0 Å². The summed E-state index contributed by atoms with van der Waals surface area (Å²) in [6.45, 7) is -0.411. The first-order chi connectivity index (χ1) is 9.02. The largest absolute Gasteiger partial charge is 0.484 e. The lowest BCUT2D eigenvalue weighted by Gasteiger charge is -2.13. The number of hydrogen-bond acceptors (Lipinski definition) is 4. The molecule has 0 aliphatic heterocycles. The van der Waals surface area contributed by atoms with Crippen molar-refractivity contribution in [3.8, 4) is 5.75 Å². The standard InChI is InChI=1S/C12H14ClNO5/c1-18-6-10(12(16)17)14-11(15)7-19-9-4-2-3-8(13)5-9/h2-5,10H,6-7H2,1H3,(H,14,15)(H,16,17). The number of amides is 1. The molecule has 104 valence electrons. The summed E-state index contributed by atoms with van der Waals surface area (Å²) in [5.74, 6) is -1.29. The van der Waals surface area contributed by atoms with Gasteiger partial charge < -0.3 is 19.9 Å². The summed E-state index contributed by atoms with van der Waals surface area (Å²) in [6, 6.07) is 5.45. The number of carboxylic acids is 1. The number of nitrogens with one attached hydrogen (secondary N) is 1. The van der Waals surface area contributed by atoms with E-state index in [1.165, 1.54) is 7.11 Å². The number of hydrogen-bond donors (Lipinski definition) is 2. The highest BCUT2D eigenvalue weighted by molar-refractivity contribution is 6.30. The number of methoxy groups -OCH3 is 1. The molecule has 1 amide bonds. The van der Waals surface area contributed by atoms with Gasteiger partial charge in [0.25, 0.3) is 5.91 Å². The lowest BCUT2D eigenvalue weighted by atomic mass is 10.3. The van der Waals surface area contributed by atoms with Gasteiger partial charge in [0.15, 0.2) is 12.6 Å². The van der Waals surface area contributed by atoms with Crippen molar-refractivity contribution in [2.45, 2.75) is 6.04 Å². The van der Waals surface area contributed by atoms with Crippen LogP contribution < -0.4 is 10.1 Å². The molecule has 1 rings (SSSR count). The molecule has 7 heteroatoms. The third-order valence-corrected chi connectivity index (χ3v) is 2.37. The van der Waals surface area contributed by atoms with Crippen molar-refractivity contribution < 1.29 is 24.2 Å². The second-order valence-corrected chi connectivity index (χ2v) is 4.10. The number of carbonyl (C=O) groups excluding carboxylic acids is 1. The monoisotopic (exact) mass is 287 g/mol. The van der Waals surface area contributed by atoms with E-state index in [-0.39, 0.29) is 13.2 Å². The molecule has 1 aromatic carbocycles. The van der Waals surface area contributed by atoms with Gasteiger partial charge in [-0.15, -0.1) is 0 Å². The molecule has 0 fully saturated rings. The molecule has 0 radical (unpaired) electrons. The third-order valence-electron chi connectivity index (χ3n) is 2.13. The predicted molar refractivity (Wildman–Crippen MR) is 68.4 cm³/mol. The smallest absolute Gasteiger partial charge is 0.328 e. The van der Waals surface area contributed by atoms with Gasteiger partial charge in [0.05, 0.1) is 6.61 Å². The van der Waals surface area contributed by atoms with Gasteiger partial charge in [0.2, 0.25) is 0 Å². The summed E-state index contributed by atoms with van der Waals surface area (Å²) in [4.78, 5) is 22.3. The van der Waals surface area contributed by atoms with Gasteiger partial charge in [-0.25, -0.2) is 4.79 Å². The molecule has 1 unspecified atom stereocenters. The number of rotatable bonds is 7. The Morgan fingerprint density at radius 1 is 1.47 bits per heavy atom. The first-order valence-electron chi connectivity index (χ1n) is 5.42. The average Bonchev–Trinajstić information content (AvgIpc) is 2.36. The number of benzene rings is 1. The zero-order valence-electron chi connectivity index (χ0n) is 10.3. The predicted octanol–water partition coefficient (Wildman–Crippen LogP) is 0.935. The molecule has 0 saturated heterocycles. The minimum absolute atomic E-state index is 0.113. The van der Waals surface area contributed by atoms with Crippen LogP contribution in [0.25, 0.3) is 0 Å².